The lowest BCUT2D eigenvalue weighted by molar-refractivity contribution is -0.139. The number of carboxylic acids is 1. The maximum Gasteiger partial charge on any atom is 0.341 e. The molecule has 0 aliphatic heterocycles. The van der Waals surface area contributed by atoms with E-state index in [9.17, 15) is 18.4 Å². The number of carbonyl (C=O) groups is 2. The highest BCUT2D eigenvalue weighted by Gasteiger charge is 2.15. The van der Waals surface area contributed by atoms with E-state index in [1.165, 1.54) is 24.4 Å². The van der Waals surface area contributed by atoms with Gasteiger partial charge >= 0.3 is 5.97 Å². The maximum absolute atomic E-state index is 13.8. The number of allylic oxidation sites excluding steroid dienone is 1. The number of aromatic nitrogens is 1. The molecule has 1 heterocycles. The van der Waals surface area contributed by atoms with Crippen LogP contribution in [0.25, 0.3) is 5.57 Å². The summed E-state index contributed by atoms with van der Waals surface area (Å²) >= 11 is 0. The van der Waals surface area contributed by atoms with Crippen LogP contribution in [0.5, 0.6) is 11.6 Å². The summed E-state index contributed by atoms with van der Waals surface area (Å²) in [5, 5.41) is 8.91. The van der Waals surface area contributed by atoms with E-state index < -0.39 is 30.8 Å². The van der Waals surface area contributed by atoms with Crippen molar-refractivity contribution < 1.29 is 33.0 Å². The molecule has 1 aromatic carbocycles. The molecule has 0 saturated carbocycles. The Morgan fingerprint density at radius 3 is 2.39 bits per heavy atom. The average Bonchev–Trinajstić information content (AvgIpc) is 2.73. The number of hydrogen-bond acceptors (Lipinski definition) is 5. The quantitative estimate of drug-likeness (QED) is 0.574. The van der Waals surface area contributed by atoms with Gasteiger partial charge in [-0.25, -0.2) is 18.6 Å². The normalized spacial score (nSPS) is 11.2. The van der Waals surface area contributed by atoms with Crippen LogP contribution in [0.2, 0.25) is 0 Å². The van der Waals surface area contributed by atoms with Gasteiger partial charge in [0.1, 0.15) is 18.2 Å². The van der Waals surface area contributed by atoms with E-state index in [1.54, 1.807) is 11.8 Å². The van der Waals surface area contributed by atoms with Crippen LogP contribution in [-0.4, -0.2) is 46.6 Å². The van der Waals surface area contributed by atoms with Gasteiger partial charge < -0.3 is 19.5 Å². The zero-order chi connectivity index (χ0) is 23.0. The van der Waals surface area contributed by atoms with Crippen LogP contribution in [0.1, 0.15) is 31.9 Å². The molecule has 0 saturated heterocycles. The van der Waals surface area contributed by atoms with Crippen molar-refractivity contribution in [2.75, 3.05) is 19.7 Å². The molecular weight excluding hydrogens is 410 g/mol. The van der Waals surface area contributed by atoms with E-state index in [0.717, 1.165) is 12.1 Å². The standard InChI is InChI=1S/C22H24F2N2O5/c1-4-26(5-2)20(27)9-14(3)15-10-19(30-13-21(28)29)22(25-11-15)31-12-16-17(23)7-6-8-18(16)24/h6-11H,4-5,12-13H2,1-3H3,(H,28,29)/b14-9+. The number of amides is 1. The number of likely N-dealkylation sites (N-methyl/N-ethyl adjacent to an activating group) is 1. The Hall–Kier alpha value is -3.49. The molecular formula is C22H24F2N2O5. The minimum Gasteiger partial charge on any atom is -0.479 e. The molecule has 0 aliphatic carbocycles. The van der Waals surface area contributed by atoms with Crippen LogP contribution in [-0.2, 0) is 16.2 Å². The molecule has 1 amide bonds. The highest BCUT2D eigenvalue weighted by atomic mass is 19.1. The van der Waals surface area contributed by atoms with Crippen molar-refractivity contribution in [2.45, 2.75) is 27.4 Å². The largest absolute Gasteiger partial charge is 0.479 e. The van der Waals surface area contributed by atoms with Crippen molar-refractivity contribution in [1.82, 2.24) is 9.88 Å². The molecule has 0 spiro atoms. The van der Waals surface area contributed by atoms with Gasteiger partial charge in [-0.15, -0.1) is 0 Å². The Kier molecular flexibility index (Phi) is 8.48. The van der Waals surface area contributed by atoms with Gasteiger partial charge in [0.2, 0.25) is 5.91 Å². The van der Waals surface area contributed by atoms with Crippen LogP contribution in [0, 0.1) is 11.6 Å². The van der Waals surface area contributed by atoms with Crippen LogP contribution in [0.3, 0.4) is 0 Å². The smallest absolute Gasteiger partial charge is 0.341 e. The zero-order valence-corrected chi connectivity index (χ0v) is 17.5. The second kappa shape index (κ2) is 11.1. The minimum atomic E-state index is -1.22. The number of nitrogens with zero attached hydrogens (tertiary/aromatic N) is 2. The number of carboxylic acid groups (broad SMARTS) is 1. The lowest BCUT2D eigenvalue weighted by Gasteiger charge is -2.17. The van der Waals surface area contributed by atoms with Gasteiger partial charge in [-0.3, -0.25) is 4.79 Å². The third kappa shape index (κ3) is 6.50. The molecule has 2 aromatic rings. The summed E-state index contributed by atoms with van der Waals surface area (Å²) in [6.07, 6.45) is 2.85. The minimum absolute atomic E-state index is 0.0281. The van der Waals surface area contributed by atoms with Crippen molar-refractivity contribution in [3.05, 3.63) is 59.3 Å². The summed E-state index contributed by atoms with van der Waals surface area (Å²) in [5.41, 5.74) is 0.792. The highest BCUT2D eigenvalue weighted by Crippen LogP contribution is 2.29. The van der Waals surface area contributed by atoms with Gasteiger partial charge in [0.15, 0.2) is 12.4 Å². The Morgan fingerprint density at radius 2 is 1.81 bits per heavy atom. The first-order valence-corrected chi connectivity index (χ1v) is 9.64. The number of rotatable bonds is 10. The Bertz CT molecular complexity index is 954. The number of hydrogen-bond donors (Lipinski definition) is 1. The third-order valence-corrected chi connectivity index (χ3v) is 4.45. The Balaban J connectivity index is 2.30. The van der Waals surface area contributed by atoms with Crippen molar-refractivity contribution in [1.29, 1.82) is 0 Å². The zero-order valence-electron chi connectivity index (χ0n) is 17.5. The van der Waals surface area contributed by atoms with E-state index in [2.05, 4.69) is 4.98 Å². The summed E-state index contributed by atoms with van der Waals surface area (Å²) in [7, 11) is 0. The first kappa shape index (κ1) is 23.8. The fourth-order valence-corrected chi connectivity index (χ4v) is 2.70. The number of halogens is 2. The van der Waals surface area contributed by atoms with E-state index >= 15 is 0 Å². The van der Waals surface area contributed by atoms with Crippen LogP contribution >= 0.6 is 0 Å². The van der Waals surface area contributed by atoms with Gasteiger partial charge in [-0.05, 0) is 50.1 Å². The van der Waals surface area contributed by atoms with Crippen LogP contribution < -0.4 is 9.47 Å². The van der Waals surface area contributed by atoms with Crippen molar-refractivity contribution in [3.8, 4) is 11.6 Å². The van der Waals surface area contributed by atoms with Crippen molar-refractivity contribution in [3.63, 3.8) is 0 Å². The lowest BCUT2D eigenvalue weighted by Crippen LogP contribution is -2.28. The van der Waals surface area contributed by atoms with Gasteiger partial charge in [0.05, 0.1) is 5.56 Å². The molecule has 0 radical (unpaired) electrons. The van der Waals surface area contributed by atoms with Crippen molar-refractivity contribution >= 4 is 17.4 Å². The van der Waals surface area contributed by atoms with Crippen molar-refractivity contribution in [2.24, 2.45) is 0 Å². The predicted molar refractivity (Wildman–Crippen MR) is 110 cm³/mol. The Morgan fingerprint density at radius 1 is 1.16 bits per heavy atom. The molecule has 9 heteroatoms. The topological polar surface area (TPSA) is 89.0 Å². The first-order valence-electron chi connectivity index (χ1n) is 9.64. The molecule has 2 rings (SSSR count). The SMILES string of the molecule is CCN(CC)C(=O)/C=C(\C)c1cnc(OCc2c(F)cccc2F)c(OCC(=O)O)c1. The molecule has 7 nitrogen and oxygen atoms in total. The predicted octanol–water partition coefficient (Wildman–Crippen LogP) is 3.67. The molecule has 0 atom stereocenters. The second-order valence-electron chi connectivity index (χ2n) is 6.54. The van der Waals surface area contributed by atoms with E-state index in [0.29, 0.717) is 24.2 Å². The van der Waals surface area contributed by atoms with Gasteiger partial charge in [-0.2, -0.15) is 0 Å². The summed E-state index contributed by atoms with van der Waals surface area (Å²) < 4.78 is 38.3. The summed E-state index contributed by atoms with van der Waals surface area (Å²) in [4.78, 5) is 28.9. The average molecular weight is 434 g/mol. The summed E-state index contributed by atoms with van der Waals surface area (Å²) in [6, 6.07) is 4.89. The van der Waals surface area contributed by atoms with Gasteiger partial charge in [0, 0.05) is 25.4 Å². The van der Waals surface area contributed by atoms with E-state index in [-0.39, 0.29) is 23.1 Å². The van der Waals surface area contributed by atoms with Crippen LogP contribution in [0.15, 0.2) is 36.5 Å². The molecule has 166 valence electrons. The number of ether oxygens (including phenoxy) is 2. The molecule has 31 heavy (non-hydrogen) atoms. The first-order chi connectivity index (χ1) is 14.8. The number of carbonyl (C=O) groups excluding carboxylic acids is 1. The number of benzene rings is 1. The number of aliphatic carboxylic acids is 1. The second-order valence-corrected chi connectivity index (χ2v) is 6.54. The fourth-order valence-electron chi connectivity index (χ4n) is 2.70. The molecule has 1 aromatic heterocycles. The van der Waals surface area contributed by atoms with Crippen LogP contribution in [0.4, 0.5) is 8.78 Å². The monoisotopic (exact) mass is 434 g/mol. The molecule has 0 fully saturated rings. The molecule has 0 unspecified atom stereocenters. The van der Waals surface area contributed by atoms with Gasteiger partial charge in [0.25, 0.3) is 5.88 Å². The summed E-state index contributed by atoms with van der Waals surface area (Å²) in [5.74, 6) is -3.11. The fraction of sp³-hybridized carbons (Fsp3) is 0.318. The molecule has 0 bridgehead atoms. The third-order valence-electron chi connectivity index (χ3n) is 4.45. The lowest BCUT2D eigenvalue weighted by atomic mass is 10.1. The maximum atomic E-state index is 13.8. The molecule has 0 aliphatic rings. The summed E-state index contributed by atoms with van der Waals surface area (Å²) in [6.45, 7) is 5.42. The van der Waals surface area contributed by atoms with Gasteiger partial charge in [-0.1, -0.05) is 6.07 Å². The van der Waals surface area contributed by atoms with E-state index in [1.807, 2.05) is 13.8 Å². The number of pyridine rings is 1. The molecule has 1 N–H and O–H groups in total. The highest BCUT2D eigenvalue weighted by molar-refractivity contribution is 5.94. The Labute approximate surface area is 178 Å². The van der Waals surface area contributed by atoms with E-state index in [4.69, 9.17) is 14.6 Å².